The second-order valence-electron chi connectivity index (χ2n) is 7.39. The number of hydrogen-bond donors (Lipinski definition) is 1. The molecule has 0 spiro atoms. The number of halogens is 14. The maximum absolute atomic E-state index is 14.0. The first-order valence-corrected chi connectivity index (χ1v) is 9.31. The van der Waals surface area contributed by atoms with E-state index in [0.717, 1.165) is 0 Å². The minimum absolute atomic E-state index is 0.109. The van der Waals surface area contributed by atoms with Crippen LogP contribution in [0.1, 0.15) is 32.6 Å². The van der Waals surface area contributed by atoms with E-state index in [1.54, 1.807) is 0 Å². The van der Waals surface area contributed by atoms with Crippen molar-refractivity contribution in [3.8, 4) is 22.5 Å². The van der Waals surface area contributed by atoms with Gasteiger partial charge in [-0.1, -0.05) is 0 Å². The summed E-state index contributed by atoms with van der Waals surface area (Å²) in [6.45, 7) is 0. The number of aromatic nitrogens is 1. The van der Waals surface area contributed by atoms with Crippen molar-refractivity contribution in [3.63, 3.8) is 0 Å². The number of carbonyl (C=O) groups excluding carboxylic acids is 1. The summed E-state index contributed by atoms with van der Waals surface area (Å²) >= 11 is 0. The predicted octanol–water partition coefficient (Wildman–Crippen LogP) is 8.51. The van der Waals surface area contributed by atoms with Crippen molar-refractivity contribution in [1.82, 2.24) is 4.98 Å². The van der Waals surface area contributed by atoms with Crippen LogP contribution in [-0.4, -0.2) is 11.3 Å². The molecule has 0 saturated carbocycles. The Kier molecular flexibility index (Phi) is 6.63. The third-order valence-corrected chi connectivity index (χ3v) is 4.94. The van der Waals surface area contributed by atoms with E-state index in [2.05, 4.69) is 0 Å². The van der Waals surface area contributed by atoms with Crippen LogP contribution in [0.3, 0.4) is 0 Å². The van der Waals surface area contributed by atoms with Crippen LogP contribution in [-0.2, 0) is 24.7 Å². The first-order valence-electron chi connectivity index (χ1n) is 9.31. The topological polar surface area (TPSA) is 32.9 Å². The normalized spacial score (nSPS) is 13.2. The van der Waals surface area contributed by atoms with Crippen molar-refractivity contribution in [2.45, 2.75) is 24.7 Å². The van der Waals surface area contributed by atoms with E-state index in [4.69, 9.17) is 0 Å². The summed E-state index contributed by atoms with van der Waals surface area (Å²) < 4.78 is 186. The van der Waals surface area contributed by atoms with Crippen LogP contribution in [0.15, 0.2) is 30.3 Å². The maximum atomic E-state index is 14.0. The standard InChI is InChI=1S/C21H7F14NO/c22-15-10(18(24,25)26)1-7(2-11(15)19(27,28)29)14-5-9(6-37)17(36-14)8-3-12(20(30,31)32)16(23)13(4-8)21(33,34)35/h1-6,36H. The largest absolute Gasteiger partial charge is 0.419 e. The van der Waals surface area contributed by atoms with Gasteiger partial charge < -0.3 is 4.98 Å². The Hall–Kier alpha value is -3.59. The minimum Gasteiger partial charge on any atom is -0.354 e. The van der Waals surface area contributed by atoms with Crippen molar-refractivity contribution >= 4 is 6.29 Å². The molecular weight excluding hydrogens is 548 g/mol. The van der Waals surface area contributed by atoms with Gasteiger partial charge in [0.25, 0.3) is 0 Å². The number of carbonyl (C=O) groups is 1. The molecule has 0 fully saturated rings. The third-order valence-electron chi connectivity index (χ3n) is 4.94. The van der Waals surface area contributed by atoms with Gasteiger partial charge in [-0.25, -0.2) is 8.78 Å². The van der Waals surface area contributed by atoms with Crippen molar-refractivity contribution < 1.29 is 66.3 Å². The molecule has 2 nitrogen and oxygen atoms in total. The number of aldehydes is 1. The Labute approximate surface area is 195 Å². The summed E-state index contributed by atoms with van der Waals surface area (Å²) in [4.78, 5) is 13.4. The first-order chi connectivity index (χ1) is 16.7. The zero-order valence-electron chi connectivity index (χ0n) is 17.2. The summed E-state index contributed by atoms with van der Waals surface area (Å²) in [6.07, 6.45) is -22.8. The highest BCUT2D eigenvalue weighted by molar-refractivity contribution is 5.89. The Morgan fingerprint density at radius 2 is 0.865 bits per heavy atom. The fraction of sp³-hybridized carbons (Fsp3) is 0.190. The molecule has 37 heavy (non-hydrogen) atoms. The van der Waals surface area contributed by atoms with E-state index in [1.165, 1.54) is 0 Å². The van der Waals surface area contributed by atoms with E-state index < -0.39 is 86.7 Å². The lowest BCUT2D eigenvalue weighted by molar-refractivity contribution is -0.149. The average molecular weight is 555 g/mol. The number of alkyl halides is 12. The molecule has 0 amide bonds. The first kappa shape index (κ1) is 28.0. The molecule has 200 valence electrons. The molecule has 0 bridgehead atoms. The van der Waals surface area contributed by atoms with Gasteiger partial charge in [0, 0.05) is 16.8 Å². The molecular formula is C21H7F14NO. The van der Waals surface area contributed by atoms with Crippen molar-refractivity contribution in [2.75, 3.05) is 0 Å². The molecule has 1 aromatic heterocycles. The van der Waals surface area contributed by atoms with E-state index >= 15 is 0 Å². The van der Waals surface area contributed by atoms with Gasteiger partial charge in [0.2, 0.25) is 0 Å². The van der Waals surface area contributed by atoms with Crippen LogP contribution in [0.4, 0.5) is 61.5 Å². The highest BCUT2D eigenvalue weighted by Gasteiger charge is 2.44. The molecule has 0 saturated heterocycles. The van der Waals surface area contributed by atoms with Crippen molar-refractivity contribution in [1.29, 1.82) is 0 Å². The van der Waals surface area contributed by atoms with Crippen molar-refractivity contribution in [3.05, 3.63) is 69.8 Å². The van der Waals surface area contributed by atoms with Gasteiger partial charge in [-0.2, -0.15) is 52.7 Å². The fourth-order valence-corrected chi connectivity index (χ4v) is 3.33. The van der Waals surface area contributed by atoms with Gasteiger partial charge in [-0.15, -0.1) is 0 Å². The molecule has 0 aliphatic heterocycles. The lowest BCUT2D eigenvalue weighted by Crippen LogP contribution is -2.16. The van der Waals surface area contributed by atoms with Gasteiger partial charge in [0.15, 0.2) is 6.29 Å². The van der Waals surface area contributed by atoms with Crippen LogP contribution < -0.4 is 0 Å². The highest BCUT2D eigenvalue weighted by atomic mass is 19.4. The zero-order chi connectivity index (χ0) is 28.3. The molecule has 0 aliphatic carbocycles. The van der Waals surface area contributed by atoms with Gasteiger partial charge in [-0.3, -0.25) is 4.79 Å². The quantitative estimate of drug-likeness (QED) is 0.255. The summed E-state index contributed by atoms with van der Waals surface area (Å²) in [5.41, 5.74) is -14.4. The molecule has 2 aromatic carbocycles. The summed E-state index contributed by atoms with van der Waals surface area (Å²) in [7, 11) is 0. The Balaban J connectivity index is 2.34. The van der Waals surface area contributed by atoms with Gasteiger partial charge in [-0.05, 0) is 35.9 Å². The third kappa shape index (κ3) is 5.41. The van der Waals surface area contributed by atoms with Crippen LogP contribution in [0.25, 0.3) is 22.5 Å². The van der Waals surface area contributed by atoms with E-state index in [0.29, 0.717) is 6.07 Å². The minimum atomic E-state index is -5.67. The summed E-state index contributed by atoms with van der Waals surface area (Å²) in [6, 6.07) is 0.0173. The number of rotatable bonds is 3. The molecule has 0 atom stereocenters. The highest BCUT2D eigenvalue weighted by Crippen LogP contribution is 2.44. The van der Waals surface area contributed by atoms with Gasteiger partial charge >= 0.3 is 24.7 Å². The molecule has 3 aromatic rings. The molecule has 1 heterocycles. The lowest BCUT2D eigenvalue weighted by Gasteiger charge is -2.16. The number of H-pyrrole nitrogens is 1. The molecule has 0 aliphatic rings. The number of aromatic amines is 1. The fourth-order valence-electron chi connectivity index (χ4n) is 3.33. The van der Waals surface area contributed by atoms with Gasteiger partial charge in [0.1, 0.15) is 11.6 Å². The second kappa shape index (κ2) is 8.76. The van der Waals surface area contributed by atoms with Crippen LogP contribution in [0.5, 0.6) is 0 Å². The molecule has 0 radical (unpaired) electrons. The van der Waals surface area contributed by atoms with Gasteiger partial charge in [0.05, 0.1) is 27.9 Å². The van der Waals surface area contributed by atoms with Crippen LogP contribution >= 0.6 is 0 Å². The summed E-state index contributed by atoms with van der Waals surface area (Å²) in [5, 5.41) is 0. The van der Waals surface area contributed by atoms with Crippen LogP contribution in [0.2, 0.25) is 0 Å². The monoisotopic (exact) mass is 555 g/mol. The SMILES string of the molecule is O=Cc1cc(-c2cc(C(F)(F)F)c(F)c(C(F)(F)F)c2)[nH]c1-c1cc(C(F)(F)F)c(F)c(C(F)(F)F)c1. The van der Waals surface area contributed by atoms with E-state index in [1.807, 2.05) is 4.98 Å². The second-order valence-corrected chi connectivity index (χ2v) is 7.39. The lowest BCUT2D eigenvalue weighted by atomic mass is 10.00. The summed E-state index contributed by atoms with van der Waals surface area (Å²) in [5.74, 6) is -5.39. The van der Waals surface area contributed by atoms with E-state index in [9.17, 15) is 66.3 Å². The van der Waals surface area contributed by atoms with Crippen LogP contribution in [0, 0.1) is 11.6 Å². The van der Waals surface area contributed by atoms with Crippen molar-refractivity contribution in [2.24, 2.45) is 0 Å². The number of nitrogens with one attached hydrogen (secondary N) is 1. The maximum Gasteiger partial charge on any atom is 0.419 e. The van der Waals surface area contributed by atoms with E-state index in [-0.39, 0.29) is 30.6 Å². The smallest absolute Gasteiger partial charge is 0.354 e. The number of benzene rings is 2. The molecule has 16 heteroatoms. The zero-order valence-corrected chi connectivity index (χ0v) is 17.2. The molecule has 0 unspecified atom stereocenters. The Morgan fingerprint density at radius 3 is 1.16 bits per heavy atom. The Bertz CT molecular complexity index is 1290. The Morgan fingerprint density at radius 1 is 0.541 bits per heavy atom. The number of hydrogen-bond acceptors (Lipinski definition) is 1. The average Bonchev–Trinajstić information content (AvgIpc) is 3.15. The molecule has 3 rings (SSSR count). The predicted molar refractivity (Wildman–Crippen MR) is 97.0 cm³/mol. The molecule has 1 N–H and O–H groups in total.